The van der Waals surface area contributed by atoms with Crippen LogP contribution in [0, 0.1) is 9.39 Å². The summed E-state index contributed by atoms with van der Waals surface area (Å²) in [6.07, 6.45) is 3.77. The third-order valence-corrected chi connectivity index (χ3v) is 6.46. The van der Waals surface area contributed by atoms with Crippen LogP contribution in [0.5, 0.6) is 0 Å². The lowest BCUT2D eigenvalue weighted by molar-refractivity contribution is 0.362. The summed E-state index contributed by atoms with van der Waals surface area (Å²) in [5.74, 6) is 1.33. The van der Waals surface area contributed by atoms with Crippen molar-refractivity contribution in [3.8, 4) is 0 Å². The molecule has 1 saturated heterocycles. The molecule has 0 spiro atoms. The number of anilines is 3. The van der Waals surface area contributed by atoms with Crippen molar-refractivity contribution in [1.29, 1.82) is 0 Å². The lowest BCUT2D eigenvalue weighted by Gasteiger charge is -2.36. The van der Waals surface area contributed by atoms with E-state index in [1.807, 2.05) is 18.2 Å². The SMILES string of the molecule is CC1(N)CCN(c2nc(Nc3n[nH]c(C4CC4)c3F)c3cc(I)ccc3n2)CC1.Cl.Cl. The standard InChI is InChI=1S/C20H23FIN7.2ClH/c1-20(23)6-8-29(9-7-20)19-24-14-5-4-12(22)10-13(14)17(26-19)25-18-15(21)16(27-28-18)11-2-3-11;;/h4-5,10-11H,2-3,6-9,23H2,1H3,(H2,24,25,26,27,28);2*1H. The Morgan fingerprint density at radius 3 is 2.58 bits per heavy atom. The van der Waals surface area contributed by atoms with E-state index < -0.39 is 0 Å². The van der Waals surface area contributed by atoms with E-state index >= 15 is 0 Å². The monoisotopic (exact) mass is 579 g/mol. The number of nitrogens with one attached hydrogen (secondary N) is 2. The van der Waals surface area contributed by atoms with Gasteiger partial charge in [0, 0.05) is 33.5 Å². The maximum absolute atomic E-state index is 14.8. The van der Waals surface area contributed by atoms with Gasteiger partial charge in [0.15, 0.2) is 11.6 Å². The Labute approximate surface area is 206 Å². The van der Waals surface area contributed by atoms with Gasteiger partial charge in [0.25, 0.3) is 0 Å². The molecule has 0 radical (unpaired) electrons. The van der Waals surface area contributed by atoms with E-state index in [4.69, 9.17) is 15.7 Å². The molecule has 1 aliphatic carbocycles. The van der Waals surface area contributed by atoms with E-state index in [1.165, 1.54) is 0 Å². The van der Waals surface area contributed by atoms with Crippen LogP contribution in [0.3, 0.4) is 0 Å². The first-order chi connectivity index (χ1) is 13.9. The van der Waals surface area contributed by atoms with E-state index in [0.717, 1.165) is 53.2 Å². The van der Waals surface area contributed by atoms with Crippen molar-refractivity contribution in [3.63, 3.8) is 0 Å². The number of aromatic amines is 1. The molecule has 2 aliphatic rings. The summed E-state index contributed by atoms with van der Waals surface area (Å²) in [5, 5.41) is 11.0. The highest BCUT2D eigenvalue weighted by Crippen LogP contribution is 2.41. The zero-order valence-electron chi connectivity index (χ0n) is 17.0. The van der Waals surface area contributed by atoms with E-state index in [2.05, 4.69) is 49.9 Å². The Kier molecular flexibility index (Phi) is 7.19. The molecule has 2 fully saturated rings. The lowest BCUT2D eigenvalue weighted by atomic mass is 9.91. The Hall–Kier alpha value is -1.43. The summed E-state index contributed by atoms with van der Waals surface area (Å²) in [7, 11) is 0. The van der Waals surface area contributed by atoms with Gasteiger partial charge in [-0.3, -0.25) is 5.10 Å². The number of benzene rings is 1. The van der Waals surface area contributed by atoms with Gasteiger partial charge in [0.2, 0.25) is 5.95 Å². The molecule has 7 nitrogen and oxygen atoms in total. The smallest absolute Gasteiger partial charge is 0.227 e. The third kappa shape index (κ3) is 4.99. The Balaban J connectivity index is 0.00000136. The fraction of sp³-hybridized carbons (Fsp3) is 0.450. The van der Waals surface area contributed by atoms with Crippen LogP contribution in [0.25, 0.3) is 10.9 Å². The summed E-state index contributed by atoms with van der Waals surface area (Å²) in [6, 6.07) is 5.99. The number of aromatic nitrogens is 4. The minimum absolute atomic E-state index is 0. The molecule has 1 aromatic carbocycles. The average molecular weight is 580 g/mol. The van der Waals surface area contributed by atoms with Gasteiger partial charge >= 0.3 is 0 Å². The molecule has 4 N–H and O–H groups in total. The minimum Gasteiger partial charge on any atom is -0.341 e. The molecule has 0 amide bonds. The molecule has 11 heteroatoms. The van der Waals surface area contributed by atoms with Gasteiger partial charge in [-0.05, 0) is 73.4 Å². The van der Waals surface area contributed by atoms with Crippen LogP contribution in [-0.2, 0) is 0 Å². The number of piperidine rings is 1. The molecule has 0 bridgehead atoms. The maximum Gasteiger partial charge on any atom is 0.227 e. The van der Waals surface area contributed by atoms with E-state index in [-0.39, 0.29) is 47.9 Å². The number of H-pyrrole nitrogens is 1. The van der Waals surface area contributed by atoms with Gasteiger partial charge in [-0.1, -0.05) is 0 Å². The molecule has 0 atom stereocenters. The number of halogens is 4. The van der Waals surface area contributed by atoms with Gasteiger partial charge in [0.05, 0.1) is 11.2 Å². The van der Waals surface area contributed by atoms with E-state index in [9.17, 15) is 4.39 Å². The van der Waals surface area contributed by atoms with Crippen molar-refractivity contribution in [3.05, 3.63) is 33.3 Å². The second-order valence-corrected chi connectivity index (χ2v) is 9.62. The molecular weight excluding hydrogens is 555 g/mol. The van der Waals surface area contributed by atoms with Gasteiger partial charge < -0.3 is 16.0 Å². The Morgan fingerprint density at radius 1 is 1.19 bits per heavy atom. The van der Waals surface area contributed by atoms with Crippen molar-refractivity contribution in [1.82, 2.24) is 20.2 Å². The normalized spacial score (nSPS) is 17.7. The third-order valence-electron chi connectivity index (χ3n) is 5.79. The average Bonchev–Trinajstić information content (AvgIpc) is 3.46. The number of fused-ring (bicyclic) bond motifs is 1. The van der Waals surface area contributed by atoms with Gasteiger partial charge in [-0.2, -0.15) is 10.1 Å². The first kappa shape index (κ1) is 24.2. The highest BCUT2D eigenvalue weighted by Gasteiger charge is 2.31. The quantitative estimate of drug-likeness (QED) is 0.381. The summed E-state index contributed by atoms with van der Waals surface area (Å²) in [6.45, 7) is 3.67. The number of nitrogens with two attached hydrogens (primary N) is 1. The zero-order valence-corrected chi connectivity index (χ0v) is 20.8. The van der Waals surface area contributed by atoms with Crippen molar-refractivity contribution in [2.24, 2.45) is 5.73 Å². The Morgan fingerprint density at radius 2 is 1.90 bits per heavy atom. The van der Waals surface area contributed by atoms with Crippen molar-refractivity contribution >= 4 is 75.9 Å². The van der Waals surface area contributed by atoms with Gasteiger partial charge in [0.1, 0.15) is 5.82 Å². The highest BCUT2D eigenvalue weighted by atomic mass is 127. The largest absolute Gasteiger partial charge is 0.341 e. The van der Waals surface area contributed by atoms with Crippen molar-refractivity contribution in [2.75, 3.05) is 23.3 Å². The van der Waals surface area contributed by atoms with Gasteiger partial charge in [-0.15, -0.1) is 24.8 Å². The van der Waals surface area contributed by atoms with Crippen LogP contribution >= 0.6 is 47.4 Å². The predicted octanol–water partition coefficient (Wildman–Crippen LogP) is 4.88. The molecule has 31 heavy (non-hydrogen) atoms. The fourth-order valence-corrected chi connectivity index (χ4v) is 4.21. The molecule has 3 aromatic rings. The molecule has 0 unspecified atom stereocenters. The summed E-state index contributed by atoms with van der Waals surface area (Å²) >= 11 is 2.26. The number of nitrogens with zero attached hydrogens (tertiary/aromatic N) is 4. The number of hydrogen-bond donors (Lipinski definition) is 3. The highest BCUT2D eigenvalue weighted by molar-refractivity contribution is 14.1. The lowest BCUT2D eigenvalue weighted by Crippen LogP contribution is -2.48. The van der Waals surface area contributed by atoms with E-state index in [0.29, 0.717) is 17.5 Å². The van der Waals surface area contributed by atoms with Crippen molar-refractivity contribution < 1.29 is 4.39 Å². The zero-order chi connectivity index (χ0) is 20.2. The minimum atomic E-state index is -0.316. The van der Waals surface area contributed by atoms with Crippen molar-refractivity contribution in [2.45, 2.75) is 44.1 Å². The van der Waals surface area contributed by atoms with Crippen LogP contribution in [0.15, 0.2) is 18.2 Å². The predicted molar refractivity (Wildman–Crippen MR) is 135 cm³/mol. The second-order valence-electron chi connectivity index (χ2n) is 8.37. The molecule has 1 saturated carbocycles. The molecule has 168 valence electrons. The first-order valence-corrected chi connectivity index (χ1v) is 11.0. The number of rotatable bonds is 4. The first-order valence-electron chi connectivity index (χ1n) is 9.91. The van der Waals surface area contributed by atoms with Crippen LogP contribution in [0.1, 0.15) is 44.2 Å². The summed E-state index contributed by atoms with van der Waals surface area (Å²) in [4.78, 5) is 11.7. The maximum atomic E-state index is 14.8. The fourth-order valence-electron chi connectivity index (χ4n) is 3.72. The molecule has 3 heterocycles. The molecule has 1 aliphatic heterocycles. The Bertz CT molecular complexity index is 1080. The second kappa shape index (κ2) is 9.21. The molecule has 2 aromatic heterocycles. The summed E-state index contributed by atoms with van der Waals surface area (Å²) < 4.78 is 15.9. The van der Waals surface area contributed by atoms with Crippen LogP contribution in [-0.4, -0.2) is 38.8 Å². The van der Waals surface area contributed by atoms with Crippen LogP contribution in [0.4, 0.5) is 22.0 Å². The number of hydrogen-bond acceptors (Lipinski definition) is 6. The van der Waals surface area contributed by atoms with Crippen LogP contribution < -0.4 is 16.0 Å². The van der Waals surface area contributed by atoms with Crippen LogP contribution in [0.2, 0.25) is 0 Å². The molecule has 5 rings (SSSR count). The van der Waals surface area contributed by atoms with Gasteiger partial charge in [-0.25, -0.2) is 9.37 Å². The molecular formula is C20H25Cl2FIN7. The summed E-state index contributed by atoms with van der Waals surface area (Å²) in [5.41, 5.74) is 7.52. The van der Waals surface area contributed by atoms with E-state index in [1.54, 1.807) is 0 Å². The topological polar surface area (TPSA) is 95.7 Å².